The van der Waals surface area contributed by atoms with Gasteiger partial charge in [0.15, 0.2) is 10.0 Å². The van der Waals surface area contributed by atoms with Gasteiger partial charge in [0.05, 0.1) is 19.0 Å². The lowest BCUT2D eigenvalue weighted by atomic mass is 10.1. The summed E-state index contributed by atoms with van der Waals surface area (Å²) in [7, 11) is 1.62. The van der Waals surface area contributed by atoms with E-state index in [-0.39, 0.29) is 17.3 Å². The fourth-order valence-electron chi connectivity index (χ4n) is 2.76. The monoisotopic (exact) mass is 486 g/mol. The SMILES string of the molecule is COc1ccc(/C=N/NC(=O)c2nnn(-c3nonc3N)c2C)cc1CSc1nnc(C)s1. The van der Waals surface area contributed by atoms with Gasteiger partial charge >= 0.3 is 0 Å². The third-order valence-corrected chi connectivity index (χ3v) is 6.37. The van der Waals surface area contributed by atoms with Gasteiger partial charge < -0.3 is 10.5 Å². The van der Waals surface area contributed by atoms with Crippen molar-refractivity contribution >= 4 is 41.0 Å². The Balaban J connectivity index is 1.43. The second-order valence-electron chi connectivity index (χ2n) is 6.55. The summed E-state index contributed by atoms with van der Waals surface area (Å²) < 4.78 is 12.1. The van der Waals surface area contributed by atoms with E-state index >= 15 is 0 Å². The Labute approximate surface area is 195 Å². The zero-order valence-corrected chi connectivity index (χ0v) is 19.3. The van der Waals surface area contributed by atoms with Gasteiger partial charge in [0.2, 0.25) is 11.6 Å². The first-order valence-electron chi connectivity index (χ1n) is 9.40. The average Bonchev–Trinajstić information content (AvgIpc) is 3.52. The lowest BCUT2D eigenvalue weighted by molar-refractivity contribution is 0.0949. The number of ether oxygens (including phenoxy) is 1. The van der Waals surface area contributed by atoms with Crippen molar-refractivity contribution in [1.82, 2.24) is 40.9 Å². The summed E-state index contributed by atoms with van der Waals surface area (Å²) in [5.74, 6) is 1.03. The van der Waals surface area contributed by atoms with Crippen LogP contribution in [0.1, 0.15) is 32.3 Å². The number of carbonyl (C=O) groups excluding carboxylic acids is 1. The highest BCUT2D eigenvalue weighted by atomic mass is 32.2. The lowest BCUT2D eigenvalue weighted by Crippen LogP contribution is -2.19. The van der Waals surface area contributed by atoms with E-state index in [9.17, 15) is 4.79 Å². The van der Waals surface area contributed by atoms with Gasteiger partial charge in [-0.25, -0.2) is 10.1 Å². The second kappa shape index (κ2) is 9.74. The number of nitrogens with one attached hydrogen (secondary N) is 1. The number of hydrogen-bond acceptors (Lipinski definition) is 13. The van der Waals surface area contributed by atoms with Gasteiger partial charge in [0.25, 0.3) is 5.91 Å². The summed E-state index contributed by atoms with van der Waals surface area (Å²) in [5, 5.41) is 28.0. The highest BCUT2D eigenvalue weighted by molar-refractivity contribution is 8.00. The van der Waals surface area contributed by atoms with Crippen molar-refractivity contribution in [3.63, 3.8) is 0 Å². The molecule has 0 bridgehead atoms. The molecule has 0 aliphatic carbocycles. The van der Waals surface area contributed by atoms with Gasteiger partial charge in [-0.3, -0.25) is 4.79 Å². The van der Waals surface area contributed by atoms with Crippen molar-refractivity contribution in [3.05, 3.63) is 45.7 Å². The molecule has 0 saturated heterocycles. The largest absolute Gasteiger partial charge is 0.496 e. The van der Waals surface area contributed by atoms with Crippen molar-refractivity contribution < 1.29 is 14.2 Å². The summed E-state index contributed by atoms with van der Waals surface area (Å²) in [6, 6.07) is 5.60. The van der Waals surface area contributed by atoms with Gasteiger partial charge in [-0.15, -0.1) is 15.3 Å². The summed E-state index contributed by atoms with van der Waals surface area (Å²) in [6.45, 7) is 3.55. The Morgan fingerprint density at radius 3 is 2.88 bits per heavy atom. The van der Waals surface area contributed by atoms with Crippen LogP contribution < -0.4 is 15.9 Å². The van der Waals surface area contributed by atoms with E-state index in [1.54, 1.807) is 25.8 Å². The van der Waals surface area contributed by atoms with Crippen molar-refractivity contribution in [2.45, 2.75) is 23.9 Å². The van der Waals surface area contributed by atoms with Crippen LogP contribution in [0.25, 0.3) is 5.82 Å². The minimum atomic E-state index is -0.541. The molecule has 3 N–H and O–H groups in total. The molecule has 4 rings (SSSR count). The van der Waals surface area contributed by atoms with E-state index in [4.69, 9.17) is 10.5 Å². The smallest absolute Gasteiger partial charge is 0.293 e. The minimum Gasteiger partial charge on any atom is -0.496 e. The highest BCUT2D eigenvalue weighted by Crippen LogP contribution is 2.30. The third kappa shape index (κ3) is 4.98. The first-order valence-corrected chi connectivity index (χ1v) is 11.2. The normalized spacial score (nSPS) is 11.2. The van der Waals surface area contributed by atoms with Gasteiger partial charge in [0, 0.05) is 11.3 Å². The third-order valence-electron chi connectivity index (χ3n) is 4.35. The molecule has 1 amide bonds. The van der Waals surface area contributed by atoms with E-state index < -0.39 is 5.91 Å². The first-order chi connectivity index (χ1) is 16.0. The van der Waals surface area contributed by atoms with Gasteiger partial charge in [-0.2, -0.15) is 9.78 Å². The van der Waals surface area contributed by atoms with Crippen LogP contribution in [0.5, 0.6) is 5.75 Å². The molecule has 4 aromatic rings. The van der Waals surface area contributed by atoms with Crippen LogP contribution in [0.3, 0.4) is 0 Å². The summed E-state index contributed by atoms with van der Waals surface area (Å²) in [5.41, 5.74) is 10.3. The number of aromatic nitrogens is 7. The molecule has 0 fully saturated rings. The van der Waals surface area contributed by atoms with E-state index in [1.165, 1.54) is 22.2 Å². The summed E-state index contributed by atoms with van der Waals surface area (Å²) >= 11 is 3.11. The molecule has 3 heterocycles. The molecule has 0 aliphatic heterocycles. The first kappa shape index (κ1) is 22.3. The number of anilines is 1. The standard InChI is InChI=1S/C18H18N10O3S2/c1-9-14(22-27-28(9)16-15(19)25-31-26-16)17(29)23-20-7-11-4-5-13(30-3)12(6-11)8-32-18-24-21-10(2)33-18/h4-7H,8H2,1-3H3,(H2,19,25)(H,23,29)/b20-7+. The lowest BCUT2D eigenvalue weighted by Gasteiger charge is -2.08. The molecule has 3 aromatic heterocycles. The molecule has 0 atom stereocenters. The van der Waals surface area contributed by atoms with Gasteiger partial charge in [-0.05, 0) is 47.9 Å². The number of rotatable bonds is 8. The number of nitrogens with two attached hydrogens (primary N) is 1. The fourth-order valence-corrected chi connectivity index (χ4v) is 4.56. The van der Waals surface area contributed by atoms with Crippen LogP contribution in [0.15, 0.2) is 32.3 Å². The Hall–Kier alpha value is -3.85. The van der Waals surface area contributed by atoms with E-state index in [2.05, 4.69) is 46.0 Å². The molecule has 0 spiro atoms. The number of hydrazone groups is 1. The Morgan fingerprint density at radius 1 is 1.33 bits per heavy atom. The number of benzene rings is 1. The van der Waals surface area contributed by atoms with Crippen LogP contribution in [-0.2, 0) is 5.75 Å². The van der Waals surface area contributed by atoms with Crippen LogP contribution >= 0.6 is 23.1 Å². The van der Waals surface area contributed by atoms with Gasteiger partial charge in [-0.1, -0.05) is 28.3 Å². The predicted octanol–water partition coefficient (Wildman–Crippen LogP) is 1.77. The molecule has 0 aliphatic rings. The Kier molecular flexibility index (Phi) is 6.60. The maximum absolute atomic E-state index is 12.5. The van der Waals surface area contributed by atoms with Crippen LogP contribution in [0, 0.1) is 13.8 Å². The molecule has 0 saturated carbocycles. The number of amides is 1. The zero-order valence-electron chi connectivity index (χ0n) is 17.7. The number of nitrogens with zero attached hydrogens (tertiary/aromatic N) is 8. The van der Waals surface area contributed by atoms with Crippen molar-refractivity contribution in [1.29, 1.82) is 0 Å². The van der Waals surface area contributed by atoms with E-state index in [1.807, 2.05) is 25.1 Å². The maximum Gasteiger partial charge on any atom is 0.293 e. The topological polar surface area (TPSA) is 172 Å². The number of aryl methyl sites for hydroxylation is 1. The number of carbonyl (C=O) groups is 1. The fraction of sp³-hybridized carbons (Fsp3) is 0.222. The molecule has 13 nitrogen and oxygen atoms in total. The molecule has 0 unspecified atom stereocenters. The minimum absolute atomic E-state index is 0.0303. The number of hydrogen-bond donors (Lipinski definition) is 2. The van der Waals surface area contributed by atoms with E-state index in [0.29, 0.717) is 11.4 Å². The van der Waals surface area contributed by atoms with Crippen molar-refractivity contribution in [2.75, 3.05) is 12.8 Å². The summed E-state index contributed by atoms with van der Waals surface area (Å²) in [4.78, 5) is 12.5. The number of nitrogen functional groups attached to an aromatic ring is 1. The molecular formula is C18H18N10O3S2. The predicted molar refractivity (Wildman–Crippen MR) is 121 cm³/mol. The molecule has 170 valence electrons. The van der Waals surface area contributed by atoms with Crippen LogP contribution in [0.4, 0.5) is 5.82 Å². The Bertz CT molecular complexity index is 1310. The molecule has 1 aromatic carbocycles. The molecule has 15 heteroatoms. The number of methoxy groups -OCH3 is 1. The van der Waals surface area contributed by atoms with Crippen LogP contribution in [-0.4, -0.2) is 54.7 Å². The number of thioether (sulfide) groups is 1. The molecule has 33 heavy (non-hydrogen) atoms. The summed E-state index contributed by atoms with van der Waals surface area (Å²) in [6.07, 6.45) is 1.53. The van der Waals surface area contributed by atoms with E-state index in [0.717, 1.165) is 26.2 Å². The highest BCUT2D eigenvalue weighted by Gasteiger charge is 2.20. The quantitative estimate of drug-likeness (QED) is 0.211. The van der Waals surface area contributed by atoms with Crippen molar-refractivity contribution in [3.8, 4) is 11.6 Å². The zero-order chi connectivity index (χ0) is 23.4. The van der Waals surface area contributed by atoms with Crippen molar-refractivity contribution in [2.24, 2.45) is 5.10 Å². The molecular weight excluding hydrogens is 468 g/mol. The Morgan fingerprint density at radius 2 is 2.18 bits per heavy atom. The average molecular weight is 487 g/mol. The van der Waals surface area contributed by atoms with Gasteiger partial charge in [0.1, 0.15) is 10.8 Å². The van der Waals surface area contributed by atoms with Crippen LogP contribution in [0.2, 0.25) is 0 Å². The second-order valence-corrected chi connectivity index (χ2v) is 8.96. The molecule has 0 radical (unpaired) electrons. The maximum atomic E-state index is 12.5.